The fourth-order valence-corrected chi connectivity index (χ4v) is 3.39. The number of fused-ring (bicyclic) bond motifs is 3. The Balaban J connectivity index is 2.02. The molecule has 3 heteroatoms. The van der Waals surface area contributed by atoms with Crippen LogP contribution >= 0.6 is 0 Å². The molecule has 0 radical (unpaired) electrons. The lowest BCUT2D eigenvalue weighted by Crippen LogP contribution is -3.14. The molecule has 3 aromatic rings. The van der Waals surface area contributed by atoms with Crippen molar-refractivity contribution < 1.29 is 14.4 Å². The molecule has 0 bridgehead atoms. The molecule has 3 rings (SSSR count). The van der Waals surface area contributed by atoms with Gasteiger partial charge in [-0.05, 0) is 48.4 Å². The summed E-state index contributed by atoms with van der Waals surface area (Å²) in [4.78, 5) is 13.2. The van der Waals surface area contributed by atoms with Crippen molar-refractivity contribution in [2.75, 3.05) is 13.2 Å². The van der Waals surface area contributed by atoms with Gasteiger partial charge in [0.2, 0.25) is 0 Å². The highest BCUT2D eigenvalue weighted by Gasteiger charge is 2.20. The van der Waals surface area contributed by atoms with E-state index in [-0.39, 0.29) is 5.97 Å². The summed E-state index contributed by atoms with van der Waals surface area (Å²) in [5.41, 5.74) is 1.28. The lowest BCUT2D eigenvalue weighted by molar-refractivity contribution is -0.927. The smallest absolute Gasteiger partial charge is 0.361 e. The van der Waals surface area contributed by atoms with Gasteiger partial charge >= 0.3 is 5.97 Å². The minimum absolute atomic E-state index is 0.128. The highest BCUT2D eigenvalue weighted by Crippen LogP contribution is 2.28. The van der Waals surface area contributed by atoms with Gasteiger partial charge in [-0.1, -0.05) is 48.5 Å². The highest BCUT2D eigenvalue weighted by atomic mass is 16.5. The number of hydrogen-bond acceptors (Lipinski definition) is 2. The Labute approximate surface area is 149 Å². The molecule has 0 amide bonds. The molecule has 0 aromatic heterocycles. The summed E-state index contributed by atoms with van der Waals surface area (Å²) < 4.78 is 5.16. The Bertz CT molecular complexity index is 885. The quantitative estimate of drug-likeness (QED) is 0.553. The number of ether oxygens (including phenoxy) is 1. The molecule has 25 heavy (non-hydrogen) atoms. The second-order valence-corrected chi connectivity index (χ2v) is 6.77. The number of benzene rings is 3. The zero-order valence-electron chi connectivity index (χ0n) is 15.2. The van der Waals surface area contributed by atoms with Crippen molar-refractivity contribution in [3.8, 4) is 0 Å². The molecule has 0 saturated heterocycles. The second kappa shape index (κ2) is 7.66. The molecule has 3 nitrogen and oxygen atoms in total. The second-order valence-electron chi connectivity index (χ2n) is 6.77. The van der Waals surface area contributed by atoms with Gasteiger partial charge in [0, 0.05) is 5.56 Å². The number of esters is 1. The Morgan fingerprint density at radius 1 is 1.00 bits per heavy atom. The van der Waals surface area contributed by atoms with Crippen molar-refractivity contribution >= 4 is 27.5 Å². The Morgan fingerprint density at radius 3 is 2.32 bits per heavy atom. The molecule has 0 spiro atoms. The van der Waals surface area contributed by atoms with E-state index in [9.17, 15) is 4.79 Å². The molecule has 0 heterocycles. The van der Waals surface area contributed by atoms with Gasteiger partial charge in [0.05, 0.1) is 12.6 Å². The normalized spacial score (nSPS) is 12.6. The zero-order chi connectivity index (χ0) is 17.8. The van der Waals surface area contributed by atoms with Gasteiger partial charge in [0.25, 0.3) is 0 Å². The SMILES string of the molecule is CCOC(=O)C[NH+](Cc1cc2ccccc2c2ccccc12)C(C)C. The van der Waals surface area contributed by atoms with Crippen LogP contribution in [-0.2, 0) is 16.1 Å². The maximum absolute atomic E-state index is 12.0. The van der Waals surface area contributed by atoms with E-state index in [2.05, 4.69) is 68.4 Å². The third-order valence-electron chi connectivity index (χ3n) is 4.76. The monoisotopic (exact) mass is 336 g/mol. The minimum atomic E-state index is -0.128. The van der Waals surface area contributed by atoms with Crippen molar-refractivity contribution in [2.45, 2.75) is 33.4 Å². The van der Waals surface area contributed by atoms with Crippen LogP contribution in [0.25, 0.3) is 21.5 Å². The first-order valence-corrected chi connectivity index (χ1v) is 8.99. The Kier molecular flexibility index (Phi) is 5.34. The third kappa shape index (κ3) is 3.83. The molecule has 1 unspecified atom stereocenters. The van der Waals surface area contributed by atoms with Crippen molar-refractivity contribution in [1.29, 1.82) is 0 Å². The standard InChI is InChI=1S/C22H25NO2/c1-4-25-22(24)15-23(16(2)3)14-18-13-17-9-5-6-10-19(17)21-12-8-7-11-20(18)21/h5-13,16H,4,14-15H2,1-3H3/p+1. The first kappa shape index (κ1) is 17.4. The van der Waals surface area contributed by atoms with Crippen LogP contribution in [0.4, 0.5) is 0 Å². The topological polar surface area (TPSA) is 30.7 Å². The van der Waals surface area contributed by atoms with Gasteiger partial charge in [0.1, 0.15) is 6.54 Å². The van der Waals surface area contributed by atoms with Gasteiger partial charge in [-0.15, -0.1) is 0 Å². The van der Waals surface area contributed by atoms with Crippen molar-refractivity contribution in [2.24, 2.45) is 0 Å². The maximum Gasteiger partial charge on any atom is 0.361 e. The summed E-state index contributed by atoms with van der Waals surface area (Å²) in [7, 11) is 0. The molecular formula is C22H26NO2+. The van der Waals surface area contributed by atoms with Gasteiger partial charge < -0.3 is 9.64 Å². The van der Waals surface area contributed by atoms with E-state index in [1.54, 1.807) is 0 Å². The molecule has 1 N–H and O–H groups in total. The number of nitrogens with one attached hydrogen (secondary N) is 1. The van der Waals surface area contributed by atoms with Crippen molar-refractivity contribution in [1.82, 2.24) is 0 Å². The number of hydrogen-bond donors (Lipinski definition) is 1. The van der Waals surface area contributed by atoms with Crippen LogP contribution in [0.1, 0.15) is 26.3 Å². The van der Waals surface area contributed by atoms with Crippen LogP contribution in [0.15, 0.2) is 54.6 Å². The fourth-order valence-electron chi connectivity index (χ4n) is 3.39. The molecular weight excluding hydrogens is 310 g/mol. The van der Waals surface area contributed by atoms with E-state index in [1.165, 1.54) is 32.0 Å². The maximum atomic E-state index is 12.0. The predicted molar refractivity (Wildman–Crippen MR) is 103 cm³/mol. The number of carbonyl (C=O) groups excluding carboxylic acids is 1. The van der Waals surface area contributed by atoms with E-state index in [4.69, 9.17) is 4.74 Å². The average Bonchev–Trinajstić information content (AvgIpc) is 2.61. The first-order valence-electron chi connectivity index (χ1n) is 8.99. The largest absolute Gasteiger partial charge is 0.462 e. The molecule has 1 atom stereocenters. The molecule has 130 valence electrons. The van der Waals surface area contributed by atoms with Crippen molar-refractivity contribution in [3.05, 3.63) is 60.2 Å². The summed E-state index contributed by atoms with van der Waals surface area (Å²) >= 11 is 0. The summed E-state index contributed by atoms with van der Waals surface area (Å²) in [5.74, 6) is -0.128. The Morgan fingerprint density at radius 2 is 1.64 bits per heavy atom. The molecule has 3 aromatic carbocycles. The van der Waals surface area contributed by atoms with Gasteiger partial charge in [0.15, 0.2) is 6.54 Å². The van der Waals surface area contributed by atoms with Gasteiger partial charge in [-0.25, -0.2) is 4.79 Å². The minimum Gasteiger partial charge on any atom is -0.462 e. The van der Waals surface area contributed by atoms with Crippen LogP contribution in [-0.4, -0.2) is 25.2 Å². The van der Waals surface area contributed by atoms with Gasteiger partial charge in [-0.3, -0.25) is 0 Å². The molecule has 0 aliphatic rings. The summed E-state index contributed by atoms with van der Waals surface area (Å²) in [6.07, 6.45) is 0. The summed E-state index contributed by atoms with van der Waals surface area (Å²) in [6, 6.07) is 19.6. The average molecular weight is 336 g/mol. The Hall–Kier alpha value is -2.39. The lowest BCUT2D eigenvalue weighted by atomic mass is 9.97. The van der Waals surface area contributed by atoms with Crippen LogP contribution in [0.3, 0.4) is 0 Å². The zero-order valence-corrected chi connectivity index (χ0v) is 15.2. The lowest BCUT2D eigenvalue weighted by Gasteiger charge is -2.23. The number of rotatable bonds is 6. The van der Waals surface area contributed by atoms with E-state index in [1.807, 2.05) is 6.92 Å². The van der Waals surface area contributed by atoms with E-state index >= 15 is 0 Å². The van der Waals surface area contributed by atoms with Crippen LogP contribution < -0.4 is 4.90 Å². The van der Waals surface area contributed by atoms with Gasteiger partial charge in [-0.2, -0.15) is 0 Å². The summed E-state index contributed by atoms with van der Waals surface area (Å²) in [5, 5.41) is 5.06. The summed E-state index contributed by atoms with van der Waals surface area (Å²) in [6.45, 7) is 7.79. The first-order chi connectivity index (χ1) is 12.1. The number of carbonyl (C=O) groups is 1. The van der Waals surface area contributed by atoms with Crippen molar-refractivity contribution in [3.63, 3.8) is 0 Å². The highest BCUT2D eigenvalue weighted by molar-refractivity contribution is 6.08. The van der Waals surface area contributed by atoms with Crippen LogP contribution in [0.5, 0.6) is 0 Å². The molecule has 0 fully saturated rings. The molecule has 0 saturated carbocycles. The van der Waals surface area contributed by atoms with E-state index in [0.29, 0.717) is 19.2 Å². The third-order valence-corrected chi connectivity index (χ3v) is 4.76. The fraction of sp³-hybridized carbons (Fsp3) is 0.318. The number of quaternary nitrogens is 1. The van der Waals surface area contributed by atoms with Crippen LogP contribution in [0.2, 0.25) is 0 Å². The van der Waals surface area contributed by atoms with E-state index < -0.39 is 0 Å². The molecule has 0 aliphatic carbocycles. The van der Waals surface area contributed by atoms with E-state index in [0.717, 1.165) is 6.54 Å². The predicted octanol–water partition coefficient (Wildman–Crippen LogP) is 3.35. The molecule has 0 aliphatic heterocycles. The van der Waals surface area contributed by atoms with Crippen LogP contribution in [0, 0.1) is 0 Å².